The second kappa shape index (κ2) is 5.66. The molecule has 1 aromatic heterocycles. The van der Waals surface area contributed by atoms with Crippen molar-refractivity contribution in [2.24, 2.45) is 0 Å². The highest BCUT2D eigenvalue weighted by Gasteiger charge is 2.14. The third-order valence-corrected chi connectivity index (χ3v) is 4.44. The summed E-state index contributed by atoms with van der Waals surface area (Å²) in [7, 11) is -3.50. The van der Waals surface area contributed by atoms with Crippen LogP contribution in [0.15, 0.2) is 35.4 Å². The number of nitrogens with zero attached hydrogens (tertiary/aromatic N) is 2. The number of aromatic carboxylic acids is 1. The van der Waals surface area contributed by atoms with Crippen LogP contribution in [0, 0.1) is 6.92 Å². The van der Waals surface area contributed by atoms with E-state index in [0.717, 1.165) is 0 Å². The number of aryl methyl sites for hydroxylation is 1. The van der Waals surface area contributed by atoms with Crippen LogP contribution in [0.4, 0.5) is 0 Å². The van der Waals surface area contributed by atoms with E-state index in [1.807, 2.05) is 0 Å². The van der Waals surface area contributed by atoms with Crippen molar-refractivity contribution in [2.75, 3.05) is 6.54 Å². The van der Waals surface area contributed by atoms with Crippen molar-refractivity contribution >= 4 is 16.0 Å². The number of nitrogens with one attached hydrogen (secondary N) is 1. The number of carboxylic acids is 1. The molecule has 2 aromatic rings. The van der Waals surface area contributed by atoms with Crippen molar-refractivity contribution in [3.8, 4) is 5.69 Å². The van der Waals surface area contributed by atoms with Crippen LogP contribution in [-0.2, 0) is 10.0 Å². The fourth-order valence-corrected chi connectivity index (χ4v) is 2.89. The largest absolute Gasteiger partial charge is 0.478 e. The number of hydrogen-bond acceptors (Lipinski definition) is 4. The van der Waals surface area contributed by atoms with Gasteiger partial charge in [-0.25, -0.2) is 22.6 Å². The number of benzene rings is 1. The molecule has 1 aromatic carbocycles. The zero-order chi connectivity index (χ0) is 15.6. The summed E-state index contributed by atoms with van der Waals surface area (Å²) in [6, 6.07) is 6.04. The van der Waals surface area contributed by atoms with E-state index < -0.39 is 16.0 Å². The zero-order valence-electron chi connectivity index (χ0n) is 11.6. The lowest BCUT2D eigenvalue weighted by Crippen LogP contribution is -2.23. The van der Waals surface area contributed by atoms with Gasteiger partial charge in [0.2, 0.25) is 10.0 Å². The minimum atomic E-state index is -3.50. The van der Waals surface area contributed by atoms with Crippen LogP contribution < -0.4 is 4.72 Å². The predicted molar refractivity (Wildman–Crippen MR) is 76.1 cm³/mol. The fraction of sp³-hybridized carbons (Fsp3) is 0.231. The number of sulfonamides is 1. The Kier molecular flexibility index (Phi) is 4.10. The van der Waals surface area contributed by atoms with Crippen molar-refractivity contribution in [3.05, 3.63) is 41.7 Å². The SMILES string of the molecule is CCNS(=O)(=O)c1ccc(-n2cc(C(=O)O)c(C)n2)cc1. The average molecular weight is 309 g/mol. The van der Waals surface area contributed by atoms with Crippen molar-refractivity contribution in [3.63, 3.8) is 0 Å². The quantitative estimate of drug-likeness (QED) is 0.863. The molecule has 0 spiro atoms. The molecule has 8 heteroatoms. The lowest BCUT2D eigenvalue weighted by Gasteiger charge is -2.06. The molecule has 21 heavy (non-hydrogen) atoms. The number of hydrogen-bond donors (Lipinski definition) is 2. The normalized spacial score (nSPS) is 11.5. The Bertz CT molecular complexity index is 763. The Morgan fingerprint density at radius 2 is 1.95 bits per heavy atom. The summed E-state index contributed by atoms with van der Waals surface area (Å²) in [5.74, 6) is -1.05. The van der Waals surface area contributed by atoms with Gasteiger partial charge in [-0.3, -0.25) is 0 Å². The zero-order valence-corrected chi connectivity index (χ0v) is 12.4. The van der Waals surface area contributed by atoms with Crippen molar-refractivity contribution in [2.45, 2.75) is 18.7 Å². The smallest absolute Gasteiger partial charge is 0.339 e. The minimum absolute atomic E-state index is 0.111. The molecule has 2 rings (SSSR count). The first kappa shape index (κ1) is 15.2. The van der Waals surface area contributed by atoms with E-state index in [4.69, 9.17) is 5.11 Å². The first-order chi connectivity index (χ1) is 9.85. The van der Waals surface area contributed by atoms with Gasteiger partial charge in [-0.15, -0.1) is 0 Å². The topological polar surface area (TPSA) is 101 Å². The van der Waals surface area contributed by atoms with Gasteiger partial charge in [-0.2, -0.15) is 5.10 Å². The second-order valence-corrected chi connectivity index (χ2v) is 6.14. The van der Waals surface area contributed by atoms with Crippen LogP contribution in [0.1, 0.15) is 23.0 Å². The van der Waals surface area contributed by atoms with Crippen LogP contribution >= 0.6 is 0 Å². The monoisotopic (exact) mass is 309 g/mol. The molecule has 1 heterocycles. The van der Waals surface area contributed by atoms with E-state index in [9.17, 15) is 13.2 Å². The van der Waals surface area contributed by atoms with Crippen molar-refractivity contribution in [1.29, 1.82) is 0 Å². The third-order valence-electron chi connectivity index (χ3n) is 2.88. The van der Waals surface area contributed by atoms with E-state index in [1.54, 1.807) is 26.0 Å². The summed E-state index contributed by atoms with van der Waals surface area (Å²) in [5, 5.41) is 13.1. The van der Waals surface area contributed by atoms with Crippen LogP contribution in [0.25, 0.3) is 5.69 Å². The molecule has 7 nitrogen and oxygen atoms in total. The highest BCUT2D eigenvalue weighted by molar-refractivity contribution is 7.89. The summed E-state index contributed by atoms with van der Waals surface area (Å²) in [4.78, 5) is 11.1. The van der Waals surface area contributed by atoms with Crippen LogP contribution in [0.5, 0.6) is 0 Å². The molecule has 0 atom stereocenters. The molecule has 0 radical (unpaired) electrons. The summed E-state index contributed by atoms with van der Waals surface area (Å²) < 4.78 is 27.4. The minimum Gasteiger partial charge on any atom is -0.478 e. The van der Waals surface area contributed by atoms with Gasteiger partial charge in [-0.05, 0) is 31.2 Å². The molecule has 0 fully saturated rings. The molecular weight excluding hydrogens is 294 g/mol. The van der Waals surface area contributed by atoms with E-state index >= 15 is 0 Å². The molecule has 0 amide bonds. The van der Waals surface area contributed by atoms with E-state index in [0.29, 0.717) is 17.9 Å². The van der Waals surface area contributed by atoms with Crippen LogP contribution in [0.2, 0.25) is 0 Å². The van der Waals surface area contributed by atoms with Crippen LogP contribution in [-0.4, -0.2) is 35.8 Å². The number of carbonyl (C=O) groups is 1. The van der Waals surface area contributed by atoms with Crippen molar-refractivity contribution < 1.29 is 18.3 Å². The maximum absolute atomic E-state index is 11.8. The van der Waals surface area contributed by atoms with Gasteiger partial charge < -0.3 is 5.11 Å². The van der Waals surface area contributed by atoms with E-state index in [2.05, 4.69) is 9.82 Å². The third kappa shape index (κ3) is 3.11. The fourth-order valence-electron chi connectivity index (χ4n) is 1.85. The highest BCUT2D eigenvalue weighted by Crippen LogP contribution is 2.15. The van der Waals surface area contributed by atoms with E-state index in [-0.39, 0.29) is 10.5 Å². The molecule has 0 saturated heterocycles. The Labute approximate surface area is 122 Å². The lowest BCUT2D eigenvalue weighted by molar-refractivity contribution is 0.0696. The van der Waals surface area contributed by atoms with Gasteiger partial charge in [-0.1, -0.05) is 6.92 Å². The predicted octanol–water partition coefficient (Wildman–Crippen LogP) is 1.18. The maximum Gasteiger partial charge on any atom is 0.339 e. The highest BCUT2D eigenvalue weighted by atomic mass is 32.2. The van der Waals surface area contributed by atoms with Gasteiger partial charge in [0.05, 0.1) is 16.3 Å². The second-order valence-electron chi connectivity index (χ2n) is 4.37. The summed E-state index contributed by atoms with van der Waals surface area (Å²) in [6.45, 7) is 3.61. The van der Waals surface area contributed by atoms with Gasteiger partial charge in [0.15, 0.2) is 0 Å². The Hall–Kier alpha value is -2.19. The summed E-state index contributed by atoms with van der Waals surface area (Å²) in [6.07, 6.45) is 1.39. The number of aromatic nitrogens is 2. The Morgan fingerprint density at radius 1 is 1.33 bits per heavy atom. The summed E-state index contributed by atoms with van der Waals surface area (Å²) in [5.41, 5.74) is 1.09. The van der Waals surface area contributed by atoms with Crippen molar-refractivity contribution in [1.82, 2.24) is 14.5 Å². The molecule has 2 N–H and O–H groups in total. The Balaban J connectivity index is 2.36. The standard InChI is InChI=1S/C13H15N3O4S/c1-3-14-21(19,20)11-6-4-10(5-7-11)16-8-12(13(17)18)9(2)15-16/h4-8,14H,3H2,1-2H3,(H,17,18). The lowest BCUT2D eigenvalue weighted by atomic mass is 10.3. The van der Waals surface area contributed by atoms with Crippen LogP contribution in [0.3, 0.4) is 0 Å². The van der Waals surface area contributed by atoms with E-state index in [1.165, 1.54) is 23.0 Å². The van der Waals surface area contributed by atoms with Gasteiger partial charge in [0.1, 0.15) is 5.56 Å². The molecule has 0 aliphatic heterocycles. The Morgan fingerprint density at radius 3 is 2.43 bits per heavy atom. The summed E-state index contributed by atoms with van der Waals surface area (Å²) >= 11 is 0. The molecule has 0 bridgehead atoms. The molecule has 112 valence electrons. The molecule has 0 aliphatic carbocycles. The first-order valence-electron chi connectivity index (χ1n) is 6.25. The molecule has 0 saturated carbocycles. The molecule has 0 aliphatic rings. The number of carboxylic acid groups (broad SMARTS) is 1. The molecule has 0 unspecified atom stereocenters. The maximum atomic E-state index is 11.8. The van der Waals surface area contributed by atoms with Gasteiger partial charge in [0.25, 0.3) is 0 Å². The van der Waals surface area contributed by atoms with Gasteiger partial charge in [0, 0.05) is 12.7 Å². The first-order valence-corrected chi connectivity index (χ1v) is 7.73. The number of rotatable bonds is 5. The molecular formula is C13H15N3O4S. The average Bonchev–Trinajstić information content (AvgIpc) is 2.81. The van der Waals surface area contributed by atoms with Gasteiger partial charge >= 0.3 is 5.97 Å².